The number of benzene rings is 1. The summed E-state index contributed by atoms with van der Waals surface area (Å²) in [5, 5.41) is 3.45. The number of nitrogens with one attached hydrogen (secondary N) is 1. The quantitative estimate of drug-likeness (QED) is 0.819. The fourth-order valence-electron chi connectivity index (χ4n) is 2.18. The van der Waals surface area contributed by atoms with Crippen molar-refractivity contribution in [1.82, 2.24) is 5.32 Å². The maximum absolute atomic E-state index is 14.0. The molecule has 1 aromatic heterocycles. The highest BCUT2D eigenvalue weighted by Crippen LogP contribution is 2.24. The van der Waals surface area contributed by atoms with Gasteiger partial charge in [0.25, 0.3) is 0 Å². The Balaban J connectivity index is 2.18. The molecule has 1 heterocycles. The van der Waals surface area contributed by atoms with E-state index in [0.717, 1.165) is 28.8 Å². The normalized spacial score (nSPS) is 12.6. The fourth-order valence-corrected chi connectivity index (χ4v) is 2.51. The monoisotopic (exact) mass is 339 g/mol. The van der Waals surface area contributed by atoms with Crippen LogP contribution in [-0.2, 0) is 6.42 Å². The van der Waals surface area contributed by atoms with Crippen LogP contribution in [0.1, 0.15) is 36.3 Å². The van der Waals surface area contributed by atoms with Crippen LogP contribution in [0, 0.1) is 12.7 Å². The van der Waals surface area contributed by atoms with Crippen LogP contribution < -0.4 is 5.32 Å². The smallest absolute Gasteiger partial charge is 0.127 e. The highest BCUT2D eigenvalue weighted by atomic mass is 79.9. The molecule has 2 nitrogen and oxygen atoms in total. The van der Waals surface area contributed by atoms with Gasteiger partial charge in [0.15, 0.2) is 0 Å². The van der Waals surface area contributed by atoms with Crippen molar-refractivity contribution in [1.29, 1.82) is 0 Å². The van der Waals surface area contributed by atoms with Gasteiger partial charge in [0.1, 0.15) is 11.6 Å². The molecule has 20 heavy (non-hydrogen) atoms. The van der Waals surface area contributed by atoms with Crippen LogP contribution in [0.3, 0.4) is 0 Å². The molecule has 0 saturated heterocycles. The maximum Gasteiger partial charge on any atom is 0.127 e. The van der Waals surface area contributed by atoms with Crippen molar-refractivity contribution in [3.8, 4) is 0 Å². The Bertz CT molecular complexity index is 567. The van der Waals surface area contributed by atoms with Gasteiger partial charge in [-0.2, -0.15) is 0 Å². The van der Waals surface area contributed by atoms with E-state index in [1.165, 1.54) is 6.07 Å². The van der Waals surface area contributed by atoms with Crippen molar-refractivity contribution >= 4 is 15.9 Å². The Kier molecular flexibility index (Phi) is 5.38. The van der Waals surface area contributed by atoms with E-state index in [2.05, 4.69) is 28.2 Å². The molecule has 0 radical (unpaired) electrons. The van der Waals surface area contributed by atoms with Crippen molar-refractivity contribution in [2.75, 3.05) is 6.54 Å². The highest BCUT2D eigenvalue weighted by Gasteiger charge is 2.16. The van der Waals surface area contributed by atoms with Gasteiger partial charge in [0.2, 0.25) is 0 Å². The highest BCUT2D eigenvalue weighted by molar-refractivity contribution is 9.10. The van der Waals surface area contributed by atoms with Gasteiger partial charge >= 0.3 is 0 Å². The summed E-state index contributed by atoms with van der Waals surface area (Å²) in [4.78, 5) is 0. The van der Waals surface area contributed by atoms with E-state index in [1.807, 2.05) is 25.1 Å². The van der Waals surface area contributed by atoms with Crippen molar-refractivity contribution in [2.24, 2.45) is 0 Å². The van der Waals surface area contributed by atoms with E-state index >= 15 is 0 Å². The van der Waals surface area contributed by atoms with E-state index in [0.29, 0.717) is 12.0 Å². The molecule has 0 aliphatic carbocycles. The van der Waals surface area contributed by atoms with Gasteiger partial charge in [-0.05, 0) is 50.1 Å². The molecule has 0 amide bonds. The number of hydrogen-bond donors (Lipinski definition) is 1. The molecule has 0 aliphatic heterocycles. The van der Waals surface area contributed by atoms with Gasteiger partial charge in [-0.1, -0.05) is 28.9 Å². The molecule has 0 spiro atoms. The Labute approximate surface area is 127 Å². The van der Waals surface area contributed by atoms with E-state index in [1.54, 1.807) is 6.26 Å². The summed E-state index contributed by atoms with van der Waals surface area (Å²) in [6.45, 7) is 4.93. The van der Waals surface area contributed by atoms with Crippen LogP contribution in [0.4, 0.5) is 4.39 Å². The molecule has 0 saturated carbocycles. The van der Waals surface area contributed by atoms with Gasteiger partial charge in [-0.25, -0.2) is 4.39 Å². The molecule has 1 aromatic carbocycles. The first kappa shape index (κ1) is 15.3. The first-order valence-corrected chi connectivity index (χ1v) is 7.61. The lowest BCUT2D eigenvalue weighted by Gasteiger charge is -2.17. The van der Waals surface area contributed by atoms with Crippen molar-refractivity contribution < 1.29 is 8.81 Å². The zero-order chi connectivity index (χ0) is 14.5. The van der Waals surface area contributed by atoms with Crippen molar-refractivity contribution in [2.45, 2.75) is 32.7 Å². The summed E-state index contributed by atoms with van der Waals surface area (Å²) >= 11 is 3.28. The Morgan fingerprint density at radius 2 is 2.15 bits per heavy atom. The van der Waals surface area contributed by atoms with E-state index < -0.39 is 0 Å². The molecular formula is C16H19BrFNO. The Morgan fingerprint density at radius 1 is 1.35 bits per heavy atom. The van der Waals surface area contributed by atoms with Gasteiger partial charge < -0.3 is 9.73 Å². The van der Waals surface area contributed by atoms with E-state index in [9.17, 15) is 4.39 Å². The van der Waals surface area contributed by atoms with Crippen LogP contribution in [0.2, 0.25) is 0 Å². The second-order valence-corrected chi connectivity index (χ2v) is 5.85. The molecule has 0 fully saturated rings. The number of halogens is 2. The lowest BCUT2D eigenvalue weighted by atomic mass is 10.0. The SMILES string of the molecule is CCCNC(Cc1ccc(Br)cc1F)c1coc(C)c1. The first-order valence-electron chi connectivity index (χ1n) is 6.82. The fraction of sp³-hybridized carbons (Fsp3) is 0.375. The molecule has 2 rings (SSSR count). The minimum atomic E-state index is -0.178. The minimum absolute atomic E-state index is 0.0723. The molecule has 1 N–H and O–H groups in total. The number of furan rings is 1. The predicted molar refractivity (Wildman–Crippen MR) is 82.3 cm³/mol. The molecule has 4 heteroatoms. The van der Waals surface area contributed by atoms with Crippen molar-refractivity contribution in [3.05, 3.63) is 57.7 Å². The van der Waals surface area contributed by atoms with Gasteiger partial charge in [-0.15, -0.1) is 0 Å². The van der Waals surface area contributed by atoms with Crippen LogP contribution in [0.25, 0.3) is 0 Å². The summed E-state index contributed by atoms with van der Waals surface area (Å²) < 4.78 is 20.1. The molecule has 1 atom stereocenters. The average Bonchev–Trinajstić information content (AvgIpc) is 2.83. The standard InChI is InChI=1S/C16H19BrFNO/c1-3-6-19-16(13-7-11(2)20-10-13)8-12-4-5-14(17)9-15(12)18/h4-5,7,9-10,16,19H,3,6,8H2,1-2H3. The first-order chi connectivity index (χ1) is 9.60. The van der Waals surface area contributed by atoms with Crippen LogP contribution in [0.5, 0.6) is 0 Å². The number of aryl methyl sites for hydroxylation is 1. The summed E-state index contributed by atoms with van der Waals surface area (Å²) in [6.07, 6.45) is 3.40. The molecule has 2 aromatic rings. The maximum atomic E-state index is 14.0. The number of rotatable bonds is 6. The topological polar surface area (TPSA) is 25.2 Å². The molecule has 1 unspecified atom stereocenters. The number of hydrogen-bond acceptors (Lipinski definition) is 2. The lowest BCUT2D eigenvalue weighted by molar-refractivity contribution is 0.495. The third-order valence-electron chi connectivity index (χ3n) is 3.23. The van der Waals surface area contributed by atoms with Gasteiger partial charge in [-0.3, -0.25) is 0 Å². The predicted octanol–water partition coefficient (Wildman–Crippen LogP) is 4.77. The minimum Gasteiger partial charge on any atom is -0.469 e. The van der Waals surface area contributed by atoms with Crippen LogP contribution in [-0.4, -0.2) is 6.54 Å². The lowest BCUT2D eigenvalue weighted by Crippen LogP contribution is -2.24. The molecular weight excluding hydrogens is 321 g/mol. The molecule has 0 aliphatic rings. The summed E-state index contributed by atoms with van der Waals surface area (Å²) in [5.41, 5.74) is 1.78. The molecule has 0 bridgehead atoms. The zero-order valence-corrected chi connectivity index (χ0v) is 13.3. The van der Waals surface area contributed by atoms with Gasteiger partial charge in [0, 0.05) is 16.1 Å². The summed E-state index contributed by atoms with van der Waals surface area (Å²) in [7, 11) is 0. The Hall–Kier alpha value is -1.13. The third kappa shape index (κ3) is 3.93. The zero-order valence-electron chi connectivity index (χ0n) is 11.7. The summed E-state index contributed by atoms with van der Waals surface area (Å²) in [5.74, 6) is 0.697. The third-order valence-corrected chi connectivity index (χ3v) is 3.73. The van der Waals surface area contributed by atoms with Crippen LogP contribution >= 0.6 is 15.9 Å². The second-order valence-electron chi connectivity index (χ2n) is 4.94. The van der Waals surface area contributed by atoms with Crippen LogP contribution in [0.15, 0.2) is 39.4 Å². The van der Waals surface area contributed by atoms with Gasteiger partial charge in [0.05, 0.1) is 6.26 Å². The summed E-state index contributed by atoms with van der Waals surface area (Å²) in [6, 6.07) is 7.28. The van der Waals surface area contributed by atoms with E-state index in [4.69, 9.17) is 4.42 Å². The largest absolute Gasteiger partial charge is 0.469 e. The Morgan fingerprint density at radius 3 is 2.75 bits per heavy atom. The average molecular weight is 340 g/mol. The second kappa shape index (κ2) is 7.04. The van der Waals surface area contributed by atoms with E-state index in [-0.39, 0.29) is 11.9 Å². The molecule has 108 valence electrons. The van der Waals surface area contributed by atoms with Crippen molar-refractivity contribution in [3.63, 3.8) is 0 Å².